The molecule has 9 heteroatoms. The van der Waals surface area contributed by atoms with Gasteiger partial charge in [0.2, 0.25) is 5.91 Å². The number of sulfone groups is 1. The largest absolute Gasteiger partial charge is 0.416 e. The van der Waals surface area contributed by atoms with Crippen molar-refractivity contribution < 1.29 is 26.4 Å². The van der Waals surface area contributed by atoms with Gasteiger partial charge in [0.1, 0.15) is 5.75 Å². The van der Waals surface area contributed by atoms with E-state index in [4.69, 9.17) is 0 Å². The second-order valence-corrected chi connectivity index (χ2v) is 7.28. The fourth-order valence-electron chi connectivity index (χ4n) is 2.54. The molecule has 0 spiro atoms. The monoisotopic (exact) mass is 356 g/mol. The van der Waals surface area contributed by atoms with Crippen LogP contribution in [0.4, 0.5) is 18.9 Å². The standard InChI is InChI=1S/C15H11F3N2O3S/c16-15(17,18)10-4-6-11(7-5-10)20-13(21)9-24(22,23)14(20)12-3-1-2-8-19-12/h1-8,14H,9H2/t14-/m1/s1. The van der Waals surface area contributed by atoms with Crippen LogP contribution in [0.2, 0.25) is 0 Å². The maximum Gasteiger partial charge on any atom is 0.416 e. The lowest BCUT2D eigenvalue weighted by Crippen LogP contribution is -2.29. The Morgan fingerprint density at radius 2 is 1.75 bits per heavy atom. The zero-order valence-electron chi connectivity index (χ0n) is 12.1. The van der Waals surface area contributed by atoms with Gasteiger partial charge >= 0.3 is 6.18 Å². The molecular formula is C15H11F3N2O3S. The summed E-state index contributed by atoms with van der Waals surface area (Å²) in [6.45, 7) is 0. The number of halogens is 3. The Bertz CT molecular complexity index is 865. The second-order valence-electron chi connectivity index (χ2n) is 5.22. The van der Waals surface area contributed by atoms with Gasteiger partial charge in [-0.15, -0.1) is 0 Å². The van der Waals surface area contributed by atoms with E-state index >= 15 is 0 Å². The van der Waals surface area contributed by atoms with Crippen LogP contribution < -0.4 is 4.90 Å². The van der Waals surface area contributed by atoms with Crippen LogP contribution in [0, 0.1) is 0 Å². The van der Waals surface area contributed by atoms with Crippen molar-refractivity contribution in [3.63, 3.8) is 0 Å². The second kappa shape index (κ2) is 5.59. The molecule has 1 fully saturated rings. The van der Waals surface area contributed by atoms with E-state index in [1.807, 2.05) is 0 Å². The SMILES string of the molecule is O=C1CS(=O)(=O)[C@H](c2ccccn2)N1c1ccc(C(F)(F)F)cc1. The number of amides is 1. The number of carbonyl (C=O) groups excluding carboxylic acids is 1. The smallest absolute Gasteiger partial charge is 0.288 e. The van der Waals surface area contributed by atoms with Gasteiger partial charge in [-0.3, -0.25) is 14.7 Å². The van der Waals surface area contributed by atoms with Crippen molar-refractivity contribution in [2.24, 2.45) is 0 Å². The van der Waals surface area contributed by atoms with Crippen LogP contribution in [0.15, 0.2) is 48.7 Å². The van der Waals surface area contributed by atoms with E-state index < -0.39 is 38.6 Å². The molecule has 0 bridgehead atoms. The third-order valence-corrected chi connectivity index (χ3v) is 5.36. The van der Waals surface area contributed by atoms with E-state index in [0.717, 1.165) is 29.2 Å². The number of carbonyl (C=O) groups is 1. The number of nitrogens with zero attached hydrogens (tertiary/aromatic N) is 2. The van der Waals surface area contributed by atoms with E-state index in [0.29, 0.717) is 0 Å². The molecule has 1 aliphatic heterocycles. The minimum Gasteiger partial charge on any atom is -0.288 e. The topological polar surface area (TPSA) is 67.3 Å². The highest BCUT2D eigenvalue weighted by molar-refractivity contribution is 7.93. The van der Waals surface area contributed by atoms with Gasteiger partial charge in [0.05, 0.1) is 11.3 Å². The van der Waals surface area contributed by atoms with Crippen molar-refractivity contribution in [2.45, 2.75) is 11.6 Å². The maximum atomic E-state index is 12.7. The summed E-state index contributed by atoms with van der Waals surface area (Å²) in [5.41, 5.74) is -0.664. The fraction of sp³-hybridized carbons (Fsp3) is 0.200. The third kappa shape index (κ3) is 2.86. The summed E-state index contributed by atoms with van der Waals surface area (Å²) in [6.07, 6.45) is -3.13. The lowest BCUT2D eigenvalue weighted by atomic mass is 10.2. The van der Waals surface area contributed by atoms with E-state index in [1.54, 1.807) is 12.1 Å². The van der Waals surface area contributed by atoms with Crippen molar-refractivity contribution in [3.8, 4) is 0 Å². The van der Waals surface area contributed by atoms with Crippen molar-refractivity contribution in [1.82, 2.24) is 4.98 Å². The predicted molar refractivity (Wildman–Crippen MR) is 79.7 cm³/mol. The Balaban J connectivity index is 2.06. The Morgan fingerprint density at radius 1 is 1.08 bits per heavy atom. The zero-order chi connectivity index (χ0) is 17.5. The summed E-state index contributed by atoms with van der Waals surface area (Å²) in [7, 11) is -3.83. The highest BCUT2D eigenvalue weighted by Crippen LogP contribution is 2.38. The highest BCUT2D eigenvalue weighted by Gasteiger charge is 2.46. The minimum atomic E-state index is -4.51. The van der Waals surface area contributed by atoms with Gasteiger partial charge < -0.3 is 0 Å². The molecule has 0 unspecified atom stereocenters. The highest BCUT2D eigenvalue weighted by atomic mass is 32.2. The van der Waals surface area contributed by atoms with Crippen LogP contribution in [0.25, 0.3) is 0 Å². The lowest BCUT2D eigenvalue weighted by Gasteiger charge is -2.23. The van der Waals surface area contributed by atoms with Crippen LogP contribution in [-0.4, -0.2) is 25.1 Å². The predicted octanol–water partition coefficient (Wildman–Crippen LogP) is 2.56. The summed E-state index contributed by atoms with van der Waals surface area (Å²) in [5.74, 6) is -1.42. The molecule has 1 aromatic carbocycles. The molecule has 1 aromatic heterocycles. The van der Waals surface area contributed by atoms with Crippen LogP contribution >= 0.6 is 0 Å². The molecule has 126 valence electrons. The Labute approximate surface area is 135 Å². The Morgan fingerprint density at radius 3 is 2.29 bits per heavy atom. The average Bonchev–Trinajstić information content (AvgIpc) is 2.76. The van der Waals surface area contributed by atoms with Crippen molar-refractivity contribution in [1.29, 1.82) is 0 Å². The van der Waals surface area contributed by atoms with Crippen molar-refractivity contribution in [3.05, 3.63) is 59.9 Å². The van der Waals surface area contributed by atoms with Crippen molar-refractivity contribution >= 4 is 21.4 Å². The van der Waals surface area contributed by atoms with Gasteiger partial charge in [-0.25, -0.2) is 8.42 Å². The molecule has 0 radical (unpaired) electrons. The normalized spacial score (nSPS) is 20.4. The number of hydrogen-bond acceptors (Lipinski definition) is 4. The van der Waals surface area contributed by atoms with Gasteiger partial charge in [-0.2, -0.15) is 13.2 Å². The molecule has 5 nitrogen and oxygen atoms in total. The van der Waals surface area contributed by atoms with Gasteiger partial charge in [0.15, 0.2) is 15.2 Å². The molecule has 1 amide bonds. The maximum absolute atomic E-state index is 12.7. The summed E-state index contributed by atoms with van der Waals surface area (Å²) in [4.78, 5) is 17.1. The molecule has 1 saturated heterocycles. The third-order valence-electron chi connectivity index (χ3n) is 3.58. The van der Waals surface area contributed by atoms with Crippen LogP contribution in [0.3, 0.4) is 0 Å². The van der Waals surface area contributed by atoms with Crippen LogP contribution in [0.5, 0.6) is 0 Å². The minimum absolute atomic E-state index is 0.0738. The van der Waals surface area contributed by atoms with Crippen molar-refractivity contribution in [2.75, 3.05) is 10.7 Å². The first-order valence-electron chi connectivity index (χ1n) is 6.82. The summed E-state index contributed by atoms with van der Waals surface area (Å²) < 4.78 is 62.6. The van der Waals surface area contributed by atoms with Gasteiger partial charge in [0.25, 0.3) is 0 Å². The molecule has 1 aliphatic rings. The first-order valence-corrected chi connectivity index (χ1v) is 8.53. The summed E-state index contributed by atoms with van der Waals surface area (Å²) in [6, 6.07) is 8.40. The number of benzene rings is 1. The lowest BCUT2D eigenvalue weighted by molar-refractivity contribution is -0.137. The van der Waals surface area contributed by atoms with Gasteiger partial charge in [-0.05, 0) is 36.4 Å². The quantitative estimate of drug-likeness (QED) is 0.829. The molecule has 24 heavy (non-hydrogen) atoms. The van der Waals surface area contributed by atoms with Crippen LogP contribution in [-0.2, 0) is 20.8 Å². The number of rotatable bonds is 2. The summed E-state index contributed by atoms with van der Waals surface area (Å²) in [5, 5.41) is -1.34. The first kappa shape index (κ1) is 16.4. The average molecular weight is 356 g/mol. The number of pyridine rings is 1. The van der Waals surface area contributed by atoms with Crippen LogP contribution in [0.1, 0.15) is 16.6 Å². The Hall–Kier alpha value is -2.42. The van der Waals surface area contributed by atoms with E-state index in [-0.39, 0.29) is 11.4 Å². The van der Waals surface area contributed by atoms with E-state index in [9.17, 15) is 26.4 Å². The molecule has 3 rings (SSSR count). The Kier molecular flexibility index (Phi) is 3.83. The van der Waals surface area contributed by atoms with Gasteiger partial charge in [0, 0.05) is 11.9 Å². The zero-order valence-corrected chi connectivity index (χ0v) is 12.9. The number of anilines is 1. The molecule has 2 heterocycles. The van der Waals surface area contributed by atoms with Gasteiger partial charge in [-0.1, -0.05) is 6.07 Å². The number of hydrogen-bond donors (Lipinski definition) is 0. The first-order chi connectivity index (χ1) is 11.2. The number of alkyl halides is 3. The van der Waals surface area contributed by atoms with E-state index in [2.05, 4.69) is 4.98 Å². The molecule has 2 aromatic rings. The summed E-state index contributed by atoms with van der Waals surface area (Å²) >= 11 is 0. The fourth-order valence-corrected chi connectivity index (χ4v) is 4.25. The molecule has 0 saturated carbocycles. The number of aromatic nitrogens is 1. The molecular weight excluding hydrogens is 345 g/mol. The molecule has 0 aliphatic carbocycles. The van der Waals surface area contributed by atoms with E-state index in [1.165, 1.54) is 12.3 Å². The molecule has 1 atom stereocenters. The molecule has 0 N–H and O–H groups in total.